The number of nitro benzene ring substituents is 1. The molecule has 0 atom stereocenters. The van der Waals surface area contributed by atoms with E-state index in [1.54, 1.807) is 0 Å². The zero-order chi connectivity index (χ0) is 22.2. The van der Waals surface area contributed by atoms with Gasteiger partial charge in [-0.25, -0.2) is 0 Å². The highest BCUT2D eigenvalue weighted by Crippen LogP contribution is 2.31. The quantitative estimate of drug-likeness (QED) is 0.225. The van der Waals surface area contributed by atoms with E-state index in [1.165, 1.54) is 63.6 Å². The molecule has 0 heterocycles. The maximum absolute atomic E-state index is 13.2. The summed E-state index contributed by atoms with van der Waals surface area (Å²) in [6.07, 6.45) is 12.9. The first-order valence-corrected chi connectivity index (χ1v) is 11.7. The van der Waals surface area contributed by atoms with Crippen LogP contribution in [-0.2, 0) is 4.79 Å². The molecule has 31 heavy (non-hydrogen) atoms. The molecule has 1 aromatic carbocycles. The average Bonchev–Trinajstić information content (AvgIpc) is 2.78. The molecule has 2 aliphatic rings. The number of benzene rings is 1. The number of ketones is 1. The molecule has 2 fully saturated rings. The first kappa shape index (κ1) is 23.2. The molecule has 0 saturated heterocycles. The smallest absolute Gasteiger partial charge is 0.280 e. The van der Waals surface area contributed by atoms with Gasteiger partial charge in [-0.2, -0.15) is 0 Å². The molecule has 2 saturated carbocycles. The van der Waals surface area contributed by atoms with Gasteiger partial charge in [0.25, 0.3) is 5.69 Å². The second kappa shape index (κ2) is 11.3. The van der Waals surface area contributed by atoms with Crippen LogP contribution in [0.5, 0.6) is 5.75 Å². The van der Waals surface area contributed by atoms with Crippen molar-refractivity contribution in [3.63, 3.8) is 0 Å². The SMILES string of the molecule is CC(=O)c1cc(OCCCC(=O)N(C2CCCCC2)C2CCCCC2)ccc1[N+](=O)[O-]. The predicted molar refractivity (Wildman–Crippen MR) is 118 cm³/mol. The molecule has 0 aromatic heterocycles. The Morgan fingerprint density at radius 2 is 1.61 bits per heavy atom. The van der Waals surface area contributed by atoms with Gasteiger partial charge in [0, 0.05) is 24.6 Å². The fraction of sp³-hybridized carbons (Fsp3) is 0.667. The summed E-state index contributed by atoms with van der Waals surface area (Å²) >= 11 is 0. The predicted octanol–water partition coefficient (Wildman–Crippen LogP) is 5.45. The molecule has 0 aliphatic heterocycles. The molecule has 0 spiro atoms. The van der Waals surface area contributed by atoms with Crippen molar-refractivity contribution in [1.82, 2.24) is 4.90 Å². The van der Waals surface area contributed by atoms with Gasteiger partial charge in [0.05, 0.1) is 17.1 Å². The van der Waals surface area contributed by atoms with Gasteiger partial charge >= 0.3 is 0 Å². The fourth-order valence-electron chi connectivity index (χ4n) is 5.01. The van der Waals surface area contributed by atoms with E-state index in [0.717, 1.165) is 25.7 Å². The van der Waals surface area contributed by atoms with Crippen LogP contribution in [0.15, 0.2) is 18.2 Å². The number of carbonyl (C=O) groups is 2. The van der Waals surface area contributed by atoms with Crippen LogP contribution in [0.4, 0.5) is 5.69 Å². The molecule has 0 unspecified atom stereocenters. The third kappa shape index (κ3) is 6.28. The van der Waals surface area contributed by atoms with Crippen LogP contribution >= 0.6 is 0 Å². The lowest BCUT2D eigenvalue weighted by atomic mass is 9.88. The van der Waals surface area contributed by atoms with Crippen LogP contribution in [0.3, 0.4) is 0 Å². The van der Waals surface area contributed by atoms with Gasteiger partial charge in [-0.05, 0) is 51.2 Å². The maximum atomic E-state index is 13.2. The third-order valence-electron chi connectivity index (χ3n) is 6.57. The van der Waals surface area contributed by atoms with Crippen molar-refractivity contribution in [2.24, 2.45) is 0 Å². The van der Waals surface area contributed by atoms with Crippen molar-refractivity contribution in [2.75, 3.05) is 6.61 Å². The van der Waals surface area contributed by atoms with E-state index >= 15 is 0 Å². The number of nitrogens with zero attached hydrogens (tertiary/aromatic N) is 2. The average molecular weight is 431 g/mol. The normalized spacial score (nSPS) is 17.8. The molecule has 2 aliphatic carbocycles. The lowest BCUT2D eigenvalue weighted by Gasteiger charge is -2.42. The minimum absolute atomic E-state index is 0.0411. The van der Waals surface area contributed by atoms with Crippen LogP contribution in [0.2, 0.25) is 0 Å². The Morgan fingerprint density at radius 3 is 2.13 bits per heavy atom. The van der Waals surface area contributed by atoms with Crippen LogP contribution < -0.4 is 4.74 Å². The number of nitro groups is 1. The Morgan fingerprint density at radius 1 is 1.03 bits per heavy atom. The Bertz CT molecular complexity index is 764. The zero-order valence-corrected chi connectivity index (χ0v) is 18.5. The van der Waals surface area contributed by atoms with E-state index in [9.17, 15) is 19.7 Å². The minimum Gasteiger partial charge on any atom is -0.494 e. The van der Waals surface area contributed by atoms with Crippen LogP contribution in [0.1, 0.15) is 94.3 Å². The number of amides is 1. The van der Waals surface area contributed by atoms with Gasteiger partial charge in [0.2, 0.25) is 5.91 Å². The third-order valence-corrected chi connectivity index (χ3v) is 6.57. The molecule has 3 rings (SSSR count). The van der Waals surface area contributed by atoms with Crippen LogP contribution in [0.25, 0.3) is 0 Å². The van der Waals surface area contributed by atoms with Gasteiger partial charge in [-0.15, -0.1) is 0 Å². The molecule has 7 nitrogen and oxygen atoms in total. The summed E-state index contributed by atoms with van der Waals surface area (Å²) < 4.78 is 5.71. The molecule has 0 N–H and O–H groups in total. The minimum atomic E-state index is -0.565. The summed E-state index contributed by atoms with van der Waals surface area (Å²) in [5.41, 5.74) is -0.176. The highest BCUT2D eigenvalue weighted by Gasteiger charge is 2.32. The molecule has 7 heteroatoms. The van der Waals surface area contributed by atoms with Gasteiger partial charge < -0.3 is 9.64 Å². The van der Waals surface area contributed by atoms with Crippen molar-refractivity contribution < 1.29 is 19.2 Å². The largest absolute Gasteiger partial charge is 0.494 e. The van der Waals surface area contributed by atoms with E-state index in [0.29, 0.717) is 37.3 Å². The molecular formula is C24H34N2O5. The zero-order valence-electron chi connectivity index (χ0n) is 18.5. The summed E-state index contributed by atoms with van der Waals surface area (Å²) in [6.45, 7) is 1.64. The maximum Gasteiger partial charge on any atom is 0.280 e. The Kier molecular flexibility index (Phi) is 8.43. The Hall–Kier alpha value is -2.44. The number of Topliss-reactive ketones (excluding diaryl/α,β-unsaturated/α-hetero) is 1. The first-order chi connectivity index (χ1) is 15.0. The molecule has 0 radical (unpaired) electrons. The van der Waals surface area contributed by atoms with Gasteiger partial charge in [-0.3, -0.25) is 19.7 Å². The van der Waals surface area contributed by atoms with E-state index in [4.69, 9.17) is 4.74 Å². The standard InChI is InChI=1S/C24H34N2O5/c1-18(27)22-17-21(14-15-23(22)26(29)30)31-16-8-13-24(28)25(19-9-4-2-5-10-19)20-11-6-3-7-12-20/h14-15,17,19-20H,2-13,16H2,1H3. The monoisotopic (exact) mass is 430 g/mol. The molecule has 170 valence electrons. The first-order valence-electron chi connectivity index (χ1n) is 11.7. The summed E-state index contributed by atoms with van der Waals surface area (Å²) in [5.74, 6) is 0.276. The van der Waals surface area contributed by atoms with Crippen molar-refractivity contribution in [2.45, 2.75) is 96.1 Å². The van der Waals surface area contributed by atoms with E-state index in [2.05, 4.69) is 4.90 Å². The topological polar surface area (TPSA) is 89.8 Å². The Labute approximate surface area is 184 Å². The second-order valence-corrected chi connectivity index (χ2v) is 8.83. The van der Waals surface area contributed by atoms with Crippen molar-refractivity contribution in [3.05, 3.63) is 33.9 Å². The highest BCUT2D eigenvalue weighted by molar-refractivity contribution is 5.98. The van der Waals surface area contributed by atoms with Gasteiger partial charge in [0.1, 0.15) is 5.75 Å². The van der Waals surface area contributed by atoms with Crippen molar-refractivity contribution in [1.29, 1.82) is 0 Å². The lowest BCUT2D eigenvalue weighted by Crippen LogP contribution is -2.48. The summed E-state index contributed by atoms with van der Waals surface area (Å²) in [4.78, 5) is 37.6. The second-order valence-electron chi connectivity index (χ2n) is 8.83. The molecule has 1 aromatic rings. The van der Waals surface area contributed by atoms with E-state index < -0.39 is 4.92 Å². The van der Waals surface area contributed by atoms with Crippen LogP contribution in [-0.4, -0.2) is 40.2 Å². The number of rotatable bonds is 9. The molecular weight excluding hydrogens is 396 g/mol. The van der Waals surface area contributed by atoms with E-state index in [-0.39, 0.29) is 22.9 Å². The number of hydrogen-bond acceptors (Lipinski definition) is 5. The Balaban J connectivity index is 1.55. The lowest BCUT2D eigenvalue weighted by molar-refractivity contribution is -0.385. The summed E-state index contributed by atoms with van der Waals surface area (Å²) in [5, 5.41) is 11.1. The van der Waals surface area contributed by atoms with Crippen molar-refractivity contribution >= 4 is 17.4 Å². The molecule has 1 amide bonds. The van der Waals surface area contributed by atoms with Crippen molar-refractivity contribution in [3.8, 4) is 5.75 Å². The van der Waals surface area contributed by atoms with Gasteiger partial charge in [-0.1, -0.05) is 38.5 Å². The van der Waals surface area contributed by atoms with Gasteiger partial charge in [0.15, 0.2) is 5.78 Å². The number of ether oxygens (including phenoxy) is 1. The van der Waals surface area contributed by atoms with Crippen LogP contribution in [0, 0.1) is 10.1 Å². The fourth-order valence-corrected chi connectivity index (χ4v) is 5.01. The summed E-state index contributed by atoms with van der Waals surface area (Å²) in [7, 11) is 0. The molecule has 0 bridgehead atoms. The van der Waals surface area contributed by atoms with E-state index in [1.807, 2.05) is 0 Å². The number of hydrogen-bond donors (Lipinski definition) is 0. The number of carbonyl (C=O) groups excluding carboxylic acids is 2. The highest BCUT2D eigenvalue weighted by atomic mass is 16.6. The summed E-state index contributed by atoms with van der Waals surface area (Å²) in [6, 6.07) is 4.99.